The highest BCUT2D eigenvalue weighted by atomic mass is 32.2. The average molecular weight is 207 g/mol. The largest absolute Gasteiger partial charge is 0.265 e. The van der Waals surface area contributed by atoms with Crippen LogP contribution in [0.15, 0.2) is 30.1 Å². The van der Waals surface area contributed by atoms with Crippen LogP contribution in [0.1, 0.15) is 12.5 Å². The van der Waals surface area contributed by atoms with E-state index >= 15 is 0 Å². The maximum atomic E-state index is 5.22. The third kappa shape index (κ3) is 1.67. The number of hydrogen-bond donors (Lipinski definition) is 0. The van der Waals surface area contributed by atoms with Crippen molar-refractivity contribution in [2.45, 2.75) is 6.92 Å². The van der Waals surface area contributed by atoms with E-state index in [4.69, 9.17) is 12.2 Å². The first kappa shape index (κ1) is 8.91. The van der Waals surface area contributed by atoms with Crippen molar-refractivity contribution in [3.05, 3.63) is 35.7 Å². The molecule has 3 heteroatoms. The standard InChI is InChI=1S/C10H9NS2/c1-7-9(12)6-13-10(7)8-2-4-11-5-3-8/h2-5H,6H2,1H3. The third-order valence-electron chi connectivity index (χ3n) is 2.05. The molecule has 0 bridgehead atoms. The SMILES string of the molecule is CC1=C(c2ccncc2)SCC1=S. The van der Waals surface area contributed by atoms with Crippen LogP contribution in [-0.2, 0) is 0 Å². The lowest BCUT2D eigenvalue weighted by Crippen LogP contribution is -1.91. The molecule has 0 fully saturated rings. The van der Waals surface area contributed by atoms with Gasteiger partial charge < -0.3 is 0 Å². The minimum absolute atomic E-state index is 0.957. The van der Waals surface area contributed by atoms with E-state index in [1.54, 1.807) is 0 Å². The lowest BCUT2D eigenvalue weighted by atomic mass is 10.1. The molecule has 0 amide bonds. The topological polar surface area (TPSA) is 12.9 Å². The number of nitrogens with zero attached hydrogens (tertiary/aromatic N) is 1. The summed E-state index contributed by atoms with van der Waals surface area (Å²) in [6.45, 7) is 2.10. The van der Waals surface area contributed by atoms with Crippen LogP contribution in [0.2, 0.25) is 0 Å². The Balaban J connectivity index is 2.43. The summed E-state index contributed by atoms with van der Waals surface area (Å²) >= 11 is 7.05. The minimum Gasteiger partial charge on any atom is -0.265 e. The number of pyridine rings is 1. The maximum Gasteiger partial charge on any atom is 0.0338 e. The molecule has 1 nitrogen and oxygen atoms in total. The van der Waals surface area contributed by atoms with Gasteiger partial charge in [-0.25, -0.2) is 0 Å². The Morgan fingerprint density at radius 1 is 1.38 bits per heavy atom. The normalized spacial score (nSPS) is 16.8. The molecule has 0 aromatic carbocycles. The molecular weight excluding hydrogens is 198 g/mol. The molecular formula is C10H9NS2. The van der Waals surface area contributed by atoms with Gasteiger partial charge in [0.05, 0.1) is 0 Å². The zero-order valence-electron chi connectivity index (χ0n) is 7.28. The molecule has 2 rings (SSSR count). The van der Waals surface area contributed by atoms with Crippen molar-refractivity contribution in [3.8, 4) is 0 Å². The van der Waals surface area contributed by atoms with Gasteiger partial charge in [0.15, 0.2) is 0 Å². The fourth-order valence-corrected chi connectivity index (χ4v) is 2.76. The van der Waals surface area contributed by atoms with Crippen LogP contribution < -0.4 is 0 Å². The van der Waals surface area contributed by atoms with Crippen molar-refractivity contribution < 1.29 is 0 Å². The molecule has 0 saturated carbocycles. The van der Waals surface area contributed by atoms with Crippen molar-refractivity contribution in [3.63, 3.8) is 0 Å². The average Bonchev–Trinajstić information content (AvgIpc) is 2.49. The van der Waals surface area contributed by atoms with Gasteiger partial charge in [-0.1, -0.05) is 12.2 Å². The highest BCUT2D eigenvalue weighted by molar-refractivity contribution is 8.10. The van der Waals surface area contributed by atoms with Gasteiger partial charge in [0, 0.05) is 27.9 Å². The van der Waals surface area contributed by atoms with E-state index in [9.17, 15) is 0 Å². The molecule has 1 aromatic rings. The molecule has 0 atom stereocenters. The summed E-state index contributed by atoms with van der Waals surface area (Å²) in [6.07, 6.45) is 3.63. The van der Waals surface area contributed by atoms with Crippen LogP contribution in [0.4, 0.5) is 0 Å². The summed E-state index contributed by atoms with van der Waals surface area (Å²) < 4.78 is 0. The lowest BCUT2D eigenvalue weighted by molar-refractivity contribution is 1.32. The number of aromatic nitrogens is 1. The van der Waals surface area contributed by atoms with Crippen LogP contribution in [0.3, 0.4) is 0 Å². The molecule has 0 aliphatic carbocycles. The summed E-state index contributed by atoms with van der Waals surface area (Å²) in [6, 6.07) is 4.06. The van der Waals surface area contributed by atoms with E-state index in [0.717, 1.165) is 10.6 Å². The van der Waals surface area contributed by atoms with Gasteiger partial charge in [-0.05, 0) is 30.2 Å². The number of allylic oxidation sites excluding steroid dienone is 1. The maximum absolute atomic E-state index is 5.22. The molecule has 1 aromatic heterocycles. The monoisotopic (exact) mass is 207 g/mol. The molecule has 2 heterocycles. The quantitative estimate of drug-likeness (QED) is 0.657. The molecule has 0 saturated heterocycles. The summed E-state index contributed by atoms with van der Waals surface area (Å²) in [5, 5.41) is 0. The van der Waals surface area contributed by atoms with E-state index in [1.165, 1.54) is 16.0 Å². The van der Waals surface area contributed by atoms with Gasteiger partial charge in [-0.15, -0.1) is 11.8 Å². The van der Waals surface area contributed by atoms with E-state index in [0.29, 0.717) is 0 Å². The Kier molecular flexibility index (Phi) is 2.47. The Bertz CT molecular complexity index is 368. The Hall–Kier alpha value is -0.670. The molecule has 1 aliphatic heterocycles. The first-order valence-electron chi connectivity index (χ1n) is 4.06. The third-order valence-corrected chi connectivity index (χ3v) is 3.95. The first-order valence-corrected chi connectivity index (χ1v) is 5.45. The zero-order valence-corrected chi connectivity index (χ0v) is 8.91. The molecule has 0 N–H and O–H groups in total. The van der Waals surface area contributed by atoms with Gasteiger partial charge in [0.25, 0.3) is 0 Å². The van der Waals surface area contributed by atoms with Gasteiger partial charge >= 0.3 is 0 Å². The van der Waals surface area contributed by atoms with E-state index in [2.05, 4.69) is 11.9 Å². The molecule has 1 aliphatic rings. The van der Waals surface area contributed by atoms with Crippen molar-refractivity contribution in [1.82, 2.24) is 4.98 Å². The van der Waals surface area contributed by atoms with Crippen LogP contribution in [0.25, 0.3) is 4.91 Å². The van der Waals surface area contributed by atoms with Gasteiger partial charge in [0.1, 0.15) is 0 Å². The number of thioether (sulfide) groups is 1. The van der Waals surface area contributed by atoms with Crippen molar-refractivity contribution in [1.29, 1.82) is 0 Å². The highest BCUT2D eigenvalue weighted by Gasteiger charge is 2.17. The number of hydrogen-bond acceptors (Lipinski definition) is 3. The van der Waals surface area contributed by atoms with E-state index in [1.807, 2.05) is 36.3 Å². The van der Waals surface area contributed by atoms with Crippen LogP contribution in [0.5, 0.6) is 0 Å². The second kappa shape index (κ2) is 3.60. The Morgan fingerprint density at radius 2 is 2.08 bits per heavy atom. The molecule has 0 radical (unpaired) electrons. The number of thiocarbonyl (C=S) groups is 1. The van der Waals surface area contributed by atoms with Crippen molar-refractivity contribution >= 4 is 33.7 Å². The smallest absolute Gasteiger partial charge is 0.0338 e. The minimum atomic E-state index is 0.957. The van der Waals surface area contributed by atoms with Crippen LogP contribution in [0, 0.1) is 0 Å². The van der Waals surface area contributed by atoms with Gasteiger partial charge in [0.2, 0.25) is 0 Å². The van der Waals surface area contributed by atoms with E-state index in [-0.39, 0.29) is 0 Å². The van der Waals surface area contributed by atoms with E-state index < -0.39 is 0 Å². The highest BCUT2D eigenvalue weighted by Crippen LogP contribution is 2.37. The molecule has 0 unspecified atom stereocenters. The van der Waals surface area contributed by atoms with Crippen LogP contribution >= 0.6 is 24.0 Å². The number of rotatable bonds is 1. The van der Waals surface area contributed by atoms with Gasteiger partial charge in [-0.2, -0.15) is 0 Å². The summed E-state index contributed by atoms with van der Waals surface area (Å²) in [5.41, 5.74) is 2.49. The van der Waals surface area contributed by atoms with Crippen LogP contribution in [-0.4, -0.2) is 15.6 Å². The van der Waals surface area contributed by atoms with Gasteiger partial charge in [-0.3, -0.25) is 4.98 Å². The second-order valence-corrected chi connectivity index (χ2v) is 4.38. The Labute approximate surface area is 87.3 Å². The van der Waals surface area contributed by atoms with Crippen molar-refractivity contribution in [2.24, 2.45) is 0 Å². The second-order valence-electron chi connectivity index (χ2n) is 2.90. The lowest BCUT2D eigenvalue weighted by Gasteiger charge is -2.00. The molecule has 13 heavy (non-hydrogen) atoms. The summed E-state index contributed by atoms with van der Waals surface area (Å²) in [4.78, 5) is 6.39. The fraction of sp³-hybridized carbons (Fsp3) is 0.200. The summed E-state index contributed by atoms with van der Waals surface area (Å²) in [5.74, 6) is 0.957. The predicted molar refractivity (Wildman–Crippen MR) is 61.9 cm³/mol. The summed E-state index contributed by atoms with van der Waals surface area (Å²) in [7, 11) is 0. The molecule has 0 spiro atoms. The predicted octanol–water partition coefficient (Wildman–Crippen LogP) is 2.93. The fourth-order valence-electron chi connectivity index (χ4n) is 1.28. The zero-order chi connectivity index (χ0) is 9.26. The molecule has 66 valence electrons. The Morgan fingerprint density at radius 3 is 2.62 bits per heavy atom. The van der Waals surface area contributed by atoms with Crippen molar-refractivity contribution in [2.75, 3.05) is 5.75 Å². The first-order chi connectivity index (χ1) is 6.29.